The molecule has 0 saturated carbocycles. The number of methoxy groups -OCH3 is 1. The zero-order valence-electron chi connectivity index (χ0n) is 9.40. The third-order valence-corrected chi connectivity index (χ3v) is 4.58. The Labute approximate surface area is 91.8 Å². The molecule has 1 aliphatic heterocycles. The summed E-state index contributed by atoms with van der Waals surface area (Å²) in [6.45, 7) is 4.59. The standard InChI is InChI=1S/C9H20N2O3S/c1-9(14-2)8-15(12,13)11-6-3-4-10-5-7-11/h9-10H,3-8H2,1-2H3. The zero-order chi connectivity index (χ0) is 11.3. The molecule has 1 unspecified atom stereocenters. The molecule has 5 nitrogen and oxygen atoms in total. The first-order valence-corrected chi connectivity index (χ1v) is 6.88. The summed E-state index contributed by atoms with van der Waals surface area (Å²) in [7, 11) is -1.62. The summed E-state index contributed by atoms with van der Waals surface area (Å²) in [4.78, 5) is 0. The highest BCUT2D eigenvalue weighted by molar-refractivity contribution is 7.89. The monoisotopic (exact) mass is 236 g/mol. The van der Waals surface area contributed by atoms with E-state index in [9.17, 15) is 8.42 Å². The van der Waals surface area contributed by atoms with E-state index in [1.807, 2.05) is 0 Å². The molecule has 1 aliphatic rings. The van der Waals surface area contributed by atoms with Crippen LogP contribution in [0.5, 0.6) is 0 Å². The van der Waals surface area contributed by atoms with E-state index in [2.05, 4.69) is 5.32 Å². The SMILES string of the molecule is COC(C)CS(=O)(=O)N1CCCNCC1. The Bertz CT molecular complexity index is 271. The van der Waals surface area contributed by atoms with Gasteiger partial charge in [-0.05, 0) is 19.9 Å². The van der Waals surface area contributed by atoms with Gasteiger partial charge in [-0.3, -0.25) is 0 Å². The number of nitrogens with zero attached hydrogens (tertiary/aromatic N) is 1. The van der Waals surface area contributed by atoms with Gasteiger partial charge in [-0.15, -0.1) is 0 Å². The van der Waals surface area contributed by atoms with Gasteiger partial charge in [-0.2, -0.15) is 0 Å². The Balaban J connectivity index is 2.58. The molecule has 6 heteroatoms. The molecule has 0 radical (unpaired) electrons. The second-order valence-electron chi connectivity index (χ2n) is 3.83. The molecule has 0 spiro atoms. The van der Waals surface area contributed by atoms with E-state index in [-0.39, 0.29) is 11.9 Å². The highest BCUT2D eigenvalue weighted by Crippen LogP contribution is 2.07. The number of ether oxygens (including phenoxy) is 1. The van der Waals surface area contributed by atoms with Crippen molar-refractivity contribution in [1.82, 2.24) is 9.62 Å². The number of nitrogens with one attached hydrogen (secondary N) is 1. The van der Waals surface area contributed by atoms with Gasteiger partial charge < -0.3 is 10.1 Å². The van der Waals surface area contributed by atoms with Crippen molar-refractivity contribution in [3.63, 3.8) is 0 Å². The Morgan fingerprint density at radius 3 is 2.80 bits per heavy atom. The van der Waals surface area contributed by atoms with Crippen LogP contribution >= 0.6 is 0 Å². The lowest BCUT2D eigenvalue weighted by Gasteiger charge is -2.21. The van der Waals surface area contributed by atoms with Gasteiger partial charge in [0.25, 0.3) is 0 Å². The van der Waals surface area contributed by atoms with Crippen LogP contribution in [0.2, 0.25) is 0 Å². The molecule has 0 amide bonds. The van der Waals surface area contributed by atoms with Gasteiger partial charge in [0.1, 0.15) is 0 Å². The molecule has 0 aromatic rings. The first-order valence-electron chi connectivity index (χ1n) is 5.27. The molecular weight excluding hydrogens is 216 g/mol. The minimum Gasteiger partial charge on any atom is -0.381 e. The topological polar surface area (TPSA) is 58.6 Å². The lowest BCUT2D eigenvalue weighted by molar-refractivity contribution is 0.135. The van der Waals surface area contributed by atoms with Crippen molar-refractivity contribution in [2.24, 2.45) is 0 Å². The van der Waals surface area contributed by atoms with Crippen molar-refractivity contribution < 1.29 is 13.2 Å². The van der Waals surface area contributed by atoms with Crippen molar-refractivity contribution in [3.8, 4) is 0 Å². The van der Waals surface area contributed by atoms with Gasteiger partial charge >= 0.3 is 0 Å². The second-order valence-corrected chi connectivity index (χ2v) is 5.84. The molecule has 0 bridgehead atoms. The molecule has 1 N–H and O–H groups in total. The molecule has 0 aromatic heterocycles. The third-order valence-electron chi connectivity index (χ3n) is 2.54. The average Bonchev–Trinajstić information content (AvgIpc) is 2.45. The van der Waals surface area contributed by atoms with Gasteiger partial charge in [0.05, 0.1) is 11.9 Å². The van der Waals surface area contributed by atoms with Crippen LogP contribution < -0.4 is 5.32 Å². The molecule has 15 heavy (non-hydrogen) atoms. The number of sulfonamides is 1. The number of hydrogen-bond acceptors (Lipinski definition) is 4. The van der Waals surface area contributed by atoms with E-state index in [0.29, 0.717) is 13.1 Å². The highest BCUT2D eigenvalue weighted by Gasteiger charge is 2.24. The summed E-state index contributed by atoms with van der Waals surface area (Å²) >= 11 is 0. The van der Waals surface area contributed by atoms with E-state index >= 15 is 0 Å². The molecule has 90 valence electrons. The summed E-state index contributed by atoms with van der Waals surface area (Å²) in [5.74, 6) is 0.0729. The maximum atomic E-state index is 11.9. The normalized spacial score (nSPS) is 22.3. The van der Waals surface area contributed by atoms with E-state index in [1.54, 1.807) is 11.2 Å². The quantitative estimate of drug-likeness (QED) is 0.724. The van der Waals surface area contributed by atoms with Gasteiger partial charge in [0.15, 0.2) is 0 Å². The van der Waals surface area contributed by atoms with Crippen LogP contribution in [0, 0.1) is 0 Å². The van der Waals surface area contributed by atoms with Gasteiger partial charge in [-0.25, -0.2) is 12.7 Å². The van der Waals surface area contributed by atoms with Crippen LogP contribution in [0.3, 0.4) is 0 Å². The summed E-state index contributed by atoms with van der Waals surface area (Å²) < 4.78 is 30.4. The fourth-order valence-corrected chi connectivity index (χ4v) is 3.29. The van der Waals surface area contributed by atoms with Crippen molar-refractivity contribution in [2.45, 2.75) is 19.4 Å². The second kappa shape index (κ2) is 5.79. The Kier molecular flexibility index (Phi) is 4.98. The largest absolute Gasteiger partial charge is 0.381 e. The first kappa shape index (κ1) is 12.9. The molecule has 0 aromatic carbocycles. The first-order chi connectivity index (χ1) is 7.06. The van der Waals surface area contributed by atoms with Crippen LogP contribution in [0.4, 0.5) is 0 Å². The molecule has 0 aliphatic carbocycles. The van der Waals surface area contributed by atoms with Crippen molar-refractivity contribution >= 4 is 10.0 Å². The van der Waals surface area contributed by atoms with Gasteiger partial charge in [0, 0.05) is 26.7 Å². The number of rotatable bonds is 4. The molecule has 1 saturated heterocycles. The molecule has 1 heterocycles. The minimum absolute atomic E-state index is 0.0729. The van der Waals surface area contributed by atoms with Crippen LogP contribution in [0.25, 0.3) is 0 Å². The van der Waals surface area contributed by atoms with Crippen molar-refractivity contribution in [3.05, 3.63) is 0 Å². The summed E-state index contributed by atoms with van der Waals surface area (Å²) in [6.07, 6.45) is 0.631. The van der Waals surface area contributed by atoms with Gasteiger partial charge in [0.2, 0.25) is 10.0 Å². The Hall–Kier alpha value is -0.170. The van der Waals surface area contributed by atoms with Crippen LogP contribution in [-0.2, 0) is 14.8 Å². The smallest absolute Gasteiger partial charge is 0.216 e. The van der Waals surface area contributed by atoms with Crippen molar-refractivity contribution in [2.75, 3.05) is 39.0 Å². The number of hydrogen-bond donors (Lipinski definition) is 1. The Morgan fingerprint density at radius 2 is 2.13 bits per heavy atom. The average molecular weight is 236 g/mol. The highest BCUT2D eigenvalue weighted by atomic mass is 32.2. The molecule has 1 rings (SSSR count). The minimum atomic E-state index is -3.15. The van der Waals surface area contributed by atoms with Crippen LogP contribution in [-0.4, -0.2) is 57.9 Å². The lowest BCUT2D eigenvalue weighted by atomic mass is 10.4. The third kappa shape index (κ3) is 4.06. The van der Waals surface area contributed by atoms with E-state index in [1.165, 1.54) is 7.11 Å². The maximum Gasteiger partial charge on any atom is 0.216 e. The van der Waals surface area contributed by atoms with E-state index < -0.39 is 10.0 Å². The van der Waals surface area contributed by atoms with E-state index in [0.717, 1.165) is 19.5 Å². The molecule has 1 atom stereocenters. The van der Waals surface area contributed by atoms with E-state index in [4.69, 9.17) is 4.74 Å². The predicted molar refractivity (Wildman–Crippen MR) is 59.3 cm³/mol. The summed E-state index contributed by atoms with van der Waals surface area (Å²) in [6, 6.07) is 0. The maximum absolute atomic E-state index is 11.9. The zero-order valence-corrected chi connectivity index (χ0v) is 10.2. The van der Waals surface area contributed by atoms with Gasteiger partial charge in [-0.1, -0.05) is 0 Å². The summed E-state index contributed by atoms with van der Waals surface area (Å²) in [5.41, 5.74) is 0. The summed E-state index contributed by atoms with van der Waals surface area (Å²) in [5, 5.41) is 3.18. The van der Waals surface area contributed by atoms with Crippen LogP contribution in [0.15, 0.2) is 0 Å². The Morgan fingerprint density at radius 1 is 1.40 bits per heavy atom. The lowest BCUT2D eigenvalue weighted by Crippen LogP contribution is -2.38. The van der Waals surface area contributed by atoms with Crippen LogP contribution in [0.1, 0.15) is 13.3 Å². The fraction of sp³-hybridized carbons (Fsp3) is 1.00. The molecular formula is C9H20N2O3S. The fourth-order valence-electron chi connectivity index (χ4n) is 1.57. The van der Waals surface area contributed by atoms with Crippen molar-refractivity contribution in [1.29, 1.82) is 0 Å². The molecule has 1 fully saturated rings. The predicted octanol–water partition coefficient (Wildman–Crippen LogP) is -0.354.